The molecule has 4 unspecified atom stereocenters. The quantitative estimate of drug-likeness (QED) is 0.249. The van der Waals surface area contributed by atoms with Crippen LogP contribution in [-0.2, 0) is 21.6 Å². The number of aliphatic hydroxyl groups is 1. The molecule has 2 bridgehead atoms. The van der Waals surface area contributed by atoms with Crippen LogP contribution < -0.4 is 21.7 Å². The van der Waals surface area contributed by atoms with Gasteiger partial charge >= 0.3 is 5.97 Å². The molecular weight excluding hydrogens is 554 g/mol. The molecule has 206 valence electrons. The molecule has 2 saturated carbocycles. The fourth-order valence-corrected chi connectivity index (χ4v) is 7.28. The van der Waals surface area contributed by atoms with Crippen molar-refractivity contribution in [3.63, 3.8) is 0 Å². The Labute approximate surface area is 242 Å². The lowest BCUT2D eigenvalue weighted by Gasteiger charge is -2.40. The summed E-state index contributed by atoms with van der Waals surface area (Å²) < 4.78 is 13.3. The number of nitrogens with zero attached hydrogens (tertiary/aromatic N) is 1. The number of hydrogen-bond acceptors (Lipinski definition) is 4. The lowest BCUT2D eigenvalue weighted by atomic mass is 9.83. The highest BCUT2D eigenvalue weighted by atomic mass is 79.9. The van der Waals surface area contributed by atoms with Crippen molar-refractivity contribution >= 4 is 5.97 Å². The van der Waals surface area contributed by atoms with E-state index in [1.54, 1.807) is 24.3 Å². The van der Waals surface area contributed by atoms with E-state index >= 15 is 0 Å². The monoisotopic (exact) mass is 591 g/mol. The number of rotatable bonds is 8. The molecule has 1 heterocycles. The largest absolute Gasteiger partial charge is 1.00 e. The molecular formula is C33H38BrNO4. The van der Waals surface area contributed by atoms with Crippen molar-refractivity contribution in [1.82, 2.24) is 0 Å². The molecule has 1 N–H and O–H groups in total. The first-order valence-electron chi connectivity index (χ1n) is 14.0. The average molecular weight is 593 g/mol. The fourth-order valence-electron chi connectivity index (χ4n) is 7.28. The lowest BCUT2D eigenvalue weighted by molar-refractivity contribution is -0.918. The number of fused-ring (bicyclic) bond motifs is 4. The number of quaternary nitrogens is 1. The number of halogens is 1. The van der Waals surface area contributed by atoms with E-state index in [-0.39, 0.29) is 23.1 Å². The third-order valence-electron chi connectivity index (χ3n) is 9.30. The van der Waals surface area contributed by atoms with Crippen LogP contribution in [0.15, 0.2) is 78.9 Å². The predicted octanol–water partition coefficient (Wildman–Crippen LogP) is 2.84. The number of para-hydroxylation sites is 2. The Bertz CT molecular complexity index is 1260. The summed E-state index contributed by atoms with van der Waals surface area (Å²) in [7, 11) is 4.68. The van der Waals surface area contributed by atoms with Gasteiger partial charge in [-0.2, -0.15) is 0 Å². The minimum absolute atomic E-state index is 0. The van der Waals surface area contributed by atoms with Gasteiger partial charge in [-0.25, -0.2) is 4.79 Å². The van der Waals surface area contributed by atoms with Crippen molar-refractivity contribution in [2.24, 2.45) is 11.8 Å². The van der Waals surface area contributed by atoms with Crippen LogP contribution in [0.3, 0.4) is 0 Å². The molecule has 6 rings (SSSR count). The van der Waals surface area contributed by atoms with E-state index in [4.69, 9.17) is 9.47 Å². The standard InChI is InChI=1S/C33H38NO4.BrH/c1-34(2,21-11-10-14-23-12-4-3-5-13-23)28-22-24-19-20-25(28)31(24)38-32(35)33(36)26-15-6-8-17-29(26)37-30-18-9-7-16-27(30)33;/h3-9,12-13,15-18,24-25,28,31,36H,10-11,14,19-22H2,1-2H3;1H/q+1;/p-1. The van der Waals surface area contributed by atoms with Crippen molar-refractivity contribution in [2.75, 3.05) is 20.6 Å². The van der Waals surface area contributed by atoms with Crippen LogP contribution in [0.2, 0.25) is 0 Å². The van der Waals surface area contributed by atoms with E-state index in [1.807, 2.05) is 24.3 Å². The van der Waals surface area contributed by atoms with Crippen molar-refractivity contribution in [3.05, 3.63) is 95.6 Å². The topological polar surface area (TPSA) is 55.8 Å². The number of ether oxygens (including phenoxy) is 2. The zero-order chi connectivity index (χ0) is 26.3. The number of unbranched alkanes of at least 4 members (excludes halogenated alkanes) is 1. The normalized spacial score (nSPS) is 24.2. The summed E-state index contributed by atoms with van der Waals surface area (Å²) in [5.41, 5.74) is 0.407. The Kier molecular flexibility index (Phi) is 7.91. The molecule has 0 saturated heterocycles. The molecule has 4 atom stereocenters. The molecule has 5 nitrogen and oxygen atoms in total. The molecule has 2 fully saturated rings. The van der Waals surface area contributed by atoms with Gasteiger partial charge in [-0.15, -0.1) is 0 Å². The summed E-state index contributed by atoms with van der Waals surface area (Å²) in [6.07, 6.45) is 6.55. The molecule has 39 heavy (non-hydrogen) atoms. The molecule has 3 aliphatic rings. The zero-order valence-electron chi connectivity index (χ0n) is 22.8. The van der Waals surface area contributed by atoms with Gasteiger partial charge in [0.05, 0.1) is 26.7 Å². The van der Waals surface area contributed by atoms with E-state index in [1.165, 1.54) is 18.4 Å². The van der Waals surface area contributed by atoms with Gasteiger partial charge in [0, 0.05) is 29.4 Å². The van der Waals surface area contributed by atoms with Crippen molar-refractivity contribution in [1.29, 1.82) is 0 Å². The van der Waals surface area contributed by atoms with E-state index in [9.17, 15) is 9.90 Å². The van der Waals surface area contributed by atoms with Crippen molar-refractivity contribution in [3.8, 4) is 11.5 Å². The van der Waals surface area contributed by atoms with Crippen LogP contribution in [0.25, 0.3) is 0 Å². The van der Waals surface area contributed by atoms with E-state index in [0.717, 1.165) is 36.7 Å². The first-order valence-corrected chi connectivity index (χ1v) is 14.0. The summed E-state index contributed by atoms with van der Waals surface area (Å²) in [6, 6.07) is 25.6. The third-order valence-corrected chi connectivity index (χ3v) is 9.30. The highest BCUT2D eigenvalue weighted by molar-refractivity contribution is 5.88. The smallest absolute Gasteiger partial charge is 0.348 e. The number of carbonyl (C=O) groups excluding carboxylic acids is 1. The van der Waals surface area contributed by atoms with Gasteiger partial charge in [-0.05, 0) is 49.8 Å². The highest BCUT2D eigenvalue weighted by Crippen LogP contribution is 2.52. The second-order valence-electron chi connectivity index (χ2n) is 11.9. The summed E-state index contributed by atoms with van der Waals surface area (Å²) in [4.78, 5) is 13.9. The Hall–Kier alpha value is -2.67. The van der Waals surface area contributed by atoms with Crippen molar-refractivity contribution in [2.45, 2.75) is 56.3 Å². The van der Waals surface area contributed by atoms with Gasteiger partial charge in [-0.3, -0.25) is 0 Å². The van der Waals surface area contributed by atoms with Gasteiger partial charge < -0.3 is 36.0 Å². The Morgan fingerprint density at radius 2 is 1.54 bits per heavy atom. The summed E-state index contributed by atoms with van der Waals surface area (Å²) in [5, 5.41) is 12.0. The van der Waals surface area contributed by atoms with Crippen LogP contribution in [0.5, 0.6) is 11.5 Å². The Balaban J connectivity index is 0.00000308. The van der Waals surface area contributed by atoms with Crippen LogP contribution in [-0.4, -0.2) is 48.3 Å². The summed E-state index contributed by atoms with van der Waals surface area (Å²) >= 11 is 0. The fraction of sp³-hybridized carbons (Fsp3) is 0.424. The van der Waals surface area contributed by atoms with Gasteiger partial charge in [0.2, 0.25) is 5.60 Å². The minimum Gasteiger partial charge on any atom is -1.00 e. The number of hydrogen-bond donors (Lipinski definition) is 1. The maximum absolute atomic E-state index is 13.9. The number of benzene rings is 3. The molecule has 0 amide bonds. The van der Waals surface area contributed by atoms with Gasteiger partial charge in [0.25, 0.3) is 0 Å². The maximum atomic E-state index is 13.9. The van der Waals surface area contributed by atoms with E-state index in [0.29, 0.717) is 40.5 Å². The summed E-state index contributed by atoms with van der Waals surface area (Å²) in [5.74, 6) is 1.07. The summed E-state index contributed by atoms with van der Waals surface area (Å²) in [6.45, 7) is 1.11. The molecule has 2 aliphatic carbocycles. The Morgan fingerprint density at radius 3 is 2.21 bits per heavy atom. The second kappa shape index (κ2) is 11.1. The molecule has 3 aromatic carbocycles. The van der Waals surface area contributed by atoms with Crippen LogP contribution in [0.1, 0.15) is 48.8 Å². The Morgan fingerprint density at radius 1 is 0.923 bits per heavy atom. The molecule has 0 radical (unpaired) electrons. The average Bonchev–Trinajstić information content (AvgIpc) is 3.49. The predicted molar refractivity (Wildman–Crippen MR) is 147 cm³/mol. The van der Waals surface area contributed by atoms with Gasteiger partial charge in [0.1, 0.15) is 17.6 Å². The number of carbonyl (C=O) groups is 1. The zero-order valence-corrected chi connectivity index (χ0v) is 24.3. The molecule has 1 aliphatic heterocycles. The lowest BCUT2D eigenvalue weighted by Crippen LogP contribution is -3.00. The van der Waals surface area contributed by atoms with Crippen LogP contribution in [0, 0.1) is 11.8 Å². The van der Waals surface area contributed by atoms with Gasteiger partial charge in [0.15, 0.2) is 0 Å². The second-order valence-corrected chi connectivity index (χ2v) is 11.9. The SMILES string of the molecule is C[N+](C)(CCCCc1ccccc1)C1CC2CCC1C2OC(=O)C1(O)c2ccccc2Oc2ccccc21.[Br-]. The maximum Gasteiger partial charge on any atom is 0.348 e. The molecule has 6 heteroatoms. The van der Waals surface area contributed by atoms with Crippen molar-refractivity contribution < 1.29 is 40.8 Å². The van der Waals surface area contributed by atoms with Gasteiger partial charge in [-0.1, -0.05) is 66.7 Å². The minimum atomic E-state index is -1.88. The molecule has 3 aromatic rings. The van der Waals surface area contributed by atoms with Crippen LogP contribution in [0.4, 0.5) is 0 Å². The first-order chi connectivity index (χ1) is 18.4. The number of aryl methyl sites for hydroxylation is 1. The molecule has 0 spiro atoms. The number of esters is 1. The molecule has 0 aromatic heterocycles. The highest BCUT2D eigenvalue weighted by Gasteiger charge is 2.58. The van der Waals surface area contributed by atoms with E-state index in [2.05, 4.69) is 44.4 Å². The first kappa shape index (κ1) is 27.9. The third kappa shape index (κ3) is 5.03. The van der Waals surface area contributed by atoms with Crippen LogP contribution >= 0.6 is 0 Å². The van der Waals surface area contributed by atoms with E-state index < -0.39 is 11.6 Å².